The van der Waals surface area contributed by atoms with Crippen LogP contribution < -0.4 is 15.8 Å². The van der Waals surface area contributed by atoms with Gasteiger partial charge in [-0.2, -0.15) is 13.2 Å². The Morgan fingerprint density at radius 2 is 2.16 bits per heavy atom. The number of ether oxygens (including phenoxy) is 1. The molecule has 1 heterocycles. The number of aromatic nitrogens is 1. The summed E-state index contributed by atoms with van der Waals surface area (Å²) in [5, 5.41) is 3.91. The van der Waals surface area contributed by atoms with Crippen LogP contribution in [-0.4, -0.2) is 18.0 Å². The molecule has 0 saturated heterocycles. The number of benzene rings is 1. The van der Waals surface area contributed by atoms with Crippen molar-refractivity contribution < 1.29 is 22.7 Å². The lowest BCUT2D eigenvalue weighted by Gasteiger charge is -2.16. The molecule has 1 unspecified atom stereocenters. The molecule has 0 spiro atoms. The summed E-state index contributed by atoms with van der Waals surface area (Å²) in [6.07, 6.45) is -4.16. The first-order valence-corrected chi connectivity index (χ1v) is 8.39. The minimum Gasteiger partial charge on any atom is -0.496 e. The Balaban J connectivity index is 2.26. The van der Waals surface area contributed by atoms with Crippen molar-refractivity contribution in [3.63, 3.8) is 0 Å². The van der Waals surface area contributed by atoms with E-state index in [1.54, 1.807) is 6.92 Å². The zero-order chi connectivity index (χ0) is 18.8. The van der Waals surface area contributed by atoms with Gasteiger partial charge in [-0.05, 0) is 12.5 Å². The number of nitrogens with two attached hydrogens (primary N) is 1. The van der Waals surface area contributed by atoms with E-state index < -0.39 is 23.8 Å². The first kappa shape index (κ1) is 19.3. The van der Waals surface area contributed by atoms with Crippen molar-refractivity contribution in [3.05, 3.63) is 38.8 Å². The maximum atomic E-state index is 12.7. The summed E-state index contributed by atoms with van der Waals surface area (Å²) in [5.41, 5.74) is 5.07. The molecule has 1 atom stereocenters. The Bertz CT molecular complexity index is 780. The van der Waals surface area contributed by atoms with E-state index in [0.717, 1.165) is 16.7 Å². The van der Waals surface area contributed by atoms with E-state index in [0.29, 0.717) is 6.42 Å². The summed E-state index contributed by atoms with van der Waals surface area (Å²) < 4.78 is 43.2. The summed E-state index contributed by atoms with van der Waals surface area (Å²) in [6, 6.07) is 2.08. The third-order valence-electron chi connectivity index (χ3n) is 3.39. The van der Waals surface area contributed by atoms with Crippen molar-refractivity contribution in [2.24, 2.45) is 0 Å². The third-order valence-corrected chi connectivity index (χ3v) is 4.67. The topological polar surface area (TPSA) is 77.2 Å². The highest BCUT2D eigenvalue weighted by Gasteiger charge is 2.34. The quantitative estimate of drug-likeness (QED) is 0.743. The monoisotopic (exact) mass is 393 g/mol. The van der Waals surface area contributed by atoms with Crippen molar-refractivity contribution in [1.82, 2.24) is 10.3 Å². The second kappa shape index (κ2) is 7.49. The molecule has 1 aromatic carbocycles. The molecule has 0 bridgehead atoms. The second-order valence-electron chi connectivity index (χ2n) is 5.08. The average molecular weight is 394 g/mol. The van der Waals surface area contributed by atoms with E-state index in [-0.39, 0.29) is 27.0 Å². The number of alkyl halides is 3. The highest BCUT2D eigenvalue weighted by atomic mass is 35.5. The molecule has 2 aromatic rings. The van der Waals surface area contributed by atoms with Crippen LogP contribution in [0.15, 0.2) is 17.5 Å². The molecule has 10 heteroatoms. The fourth-order valence-electron chi connectivity index (χ4n) is 2.07. The van der Waals surface area contributed by atoms with E-state index in [4.69, 9.17) is 22.1 Å². The summed E-state index contributed by atoms with van der Waals surface area (Å²) in [7, 11) is 1.37. The van der Waals surface area contributed by atoms with Gasteiger partial charge in [-0.15, -0.1) is 11.3 Å². The SMILES string of the molecule is CCC(NC(=O)c1cc(Cl)c(N)cc1OC)c1nc(C(F)(F)F)cs1. The first-order valence-electron chi connectivity index (χ1n) is 7.13. The summed E-state index contributed by atoms with van der Waals surface area (Å²) >= 11 is 6.77. The number of nitrogens with one attached hydrogen (secondary N) is 1. The van der Waals surface area contributed by atoms with Gasteiger partial charge in [0.05, 0.1) is 29.4 Å². The molecule has 3 N–H and O–H groups in total. The number of hydrogen-bond acceptors (Lipinski definition) is 5. The number of nitrogens with zero attached hydrogens (tertiary/aromatic N) is 1. The normalized spacial score (nSPS) is 12.7. The van der Waals surface area contributed by atoms with E-state index in [1.165, 1.54) is 19.2 Å². The van der Waals surface area contributed by atoms with Gasteiger partial charge < -0.3 is 15.8 Å². The van der Waals surface area contributed by atoms with Gasteiger partial charge in [0.1, 0.15) is 10.8 Å². The van der Waals surface area contributed by atoms with Crippen LogP contribution in [0.4, 0.5) is 18.9 Å². The predicted molar refractivity (Wildman–Crippen MR) is 90.0 cm³/mol. The minimum atomic E-state index is -4.52. The van der Waals surface area contributed by atoms with Gasteiger partial charge in [0.2, 0.25) is 0 Å². The zero-order valence-corrected chi connectivity index (χ0v) is 14.9. The van der Waals surface area contributed by atoms with Crippen LogP contribution in [0.25, 0.3) is 0 Å². The van der Waals surface area contributed by atoms with Crippen LogP contribution in [0.5, 0.6) is 5.75 Å². The van der Waals surface area contributed by atoms with Crippen LogP contribution in [0, 0.1) is 0 Å². The van der Waals surface area contributed by atoms with Crippen molar-refractivity contribution in [3.8, 4) is 5.75 Å². The number of amides is 1. The largest absolute Gasteiger partial charge is 0.496 e. The number of anilines is 1. The maximum Gasteiger partial charge on any atom is 0.434 e. The van der Waals surface area contributed by atoms with Gasteiger partial charge in [0, 0.05) is 11.4 Å². The smallest absolute Gasteiger partial charge is 0.434 e. The molecule has 5 nitrogen and oxygen atoms in total. The Kier molecular flexibility index (Phi) is 5.79. The number of rotatable bonds is 5. The molecule has 0 fully saturated rings. The minimum absolute atomic E-state index is 0.132. The molecule has 0 aliphatic carbocycles. The standard InChI is InChI=1S/C15H15ClF3N3O2S/c1-3-10(14-22-12(6-25-14)15(17,18)19)21-13(23)7-4-8(16)9(20)5-11(7)24-2/h4-6,10H,3,20H2,1-2H3,(H,21,23). The third kappa shape index (κ3) is 4.35. The molecular formula is C15H15ClF3N3O2S. The van der Waals surface area contributed by atoms with Gasteiger partial charge in [-0.3, -0.25) is 4.79 Å². The van der Waals surface area contributed by atoms with Crippen LogP contribution in [0.1, 0.15) is 40.4 Å². The summed E-state index contributed by atoms with van der Waals surface area (Å²) in [5.74, 6) is -0.335. The van der Waals surface area contributed by atoms with Crippen LogP contribution in [-0.2, 0) is 6.18 Å². The molecule has 136 valence electrons. The second-order valence-corrected chi connectivity index (χ2v) is 6.37. The highest BCUT2D eigenvalue weighted by Crippen LogP contribution is 2.33. The van der Waals surface area contributed by atoms with Crippen molar-refractivity contribution >= 4 is 34.5 Å². The Morgan fingerprint density at radius 3 is 2.68 bits per heavy atom. The first-order chi connectivity index (χ1) is 11.7. The molecule has 0 radical (unpaired) electrons. The highest BCUT2D eigenvalue weighted by molar-refractivity contribution is 7.09. The maximum absolute atomic E-state index is 12.7. The molecule has 0 saturated carbocycles. The lowest BCUT2D eigenvalue weighted by atomic mass is 10.1. The summed E-state index contributed by atoms with van der Waals surface area (Å²) in [6.45, 7) is 1.73. The van der Waals surface area contributed by atoms with Gasteiger partial charge >= 0.3 is 6.18 Å². The molecule has 2 rings (SSSR count). The van der Waals surface area contributed by atoms with Crippen LogP contribution >= 0.6 is 22.9 Å². The number of hydrogen-bond donors (Lipinski definition) is 2. The fraction of sp³-hybridized carbons (Fsp3) is 0.333. The van der Waals surface area contributed by atoms with Crippen molar-refractivity contribution in [2.75, 3.05) is 12.8 Å². The fourth-order valence-corrected chi connectivity index (χ4v) is 3.19. The number of thiazole rings is 1. The lowest BCUT2D eigenvalue weighted by molar-refractivity contribution is -0.140. The Hall–Kier alpha value is -2.00. The van der Waals surface area contributed by atoms with E-state index in [1.807, 2.05) is 0 Å². The van der Waals surface area contributed by atoms with Gasteiger partial charge in [-0.1, -0.05) is 18.5 Å². The predicted octanol–water partition coefficient (Wildman–Crippen LogP) is 4.29. The van der Waals surface area contributed by atoms with Gasteiger partial charge in [0.25, 0.3) is 5.91 Å². The number of methoxy groups -OCH3 is 1. The lowest BCUT2D eigenvalue weighted by Crippen LogP contribution is -2.28. The van der Waals surface area contributed by atoms with E-state index >= 15 is 0 Å². The number of carbonyl (C=O) groups excluding carboxylic acids is 1. The van der Waals surface area contributed by atoms with E-state index in [2.05, 4.69) is 10.3 Å². The molecule has 0 aliphatic rings. The zero-order valence-electron chi connectivity index (χ0n) is 13.3. The van der Waals surface area contributed by atoms with Crippen molar-refractivity contribution in [1.29, 1.82) is 0 Å². The Morgan fingerprint density at radius 1 is 1.48 bits per heavy atom. The van der Waals surface area contributed by atoms with Crippen LogP contribution in [0.2, 0.25) is 5.02 Å². The number of carbonyl (C=O) groups is 1. The summed E-state index contributed by atoms with van der Waals surface area (Å²) in [4.78, 5) is 16.1. The average Bonchev–Trinajstić information content (AvgIpc) is 3.04. The van der Waals surface area contributed by atoms with Gasteiger partial charge in [-0.25, -0.2) is 4.98 Å². The number of nitrogen functional groups attached to an aromatic ring is 1. The molecule has 25 heavy (non-hydrogen) atoms. The molecule has 0 aliphatic heterocycles. The van der Waals surface area contributed by atoms with Crippen LogP contribution in [0.3, 0.4) is 0 Å². The molecule has 1 amide bonds. The van der Waals surface area contributed by atoms with Gasteiger partial charge in [0.15, 0.2) is 5.69 Å². The van der Waals surface area contributed by atoms with Crippen molar-refractivity contribution in [2.45, 2.75) is 25.6 Å². The van der Waals surface area contributed by atoms with E-state index in [9.17, 15) is 18.0 Å². The molecular weight excluding hydrogens is 379 g/mol. The Labute approximate surface area is 151 Å². The molecule has 1 aromatic heterocycles. The number of halogens is 4.